The Morgan fingerprint density at radius 2 is 1.66 bits per heavy atom. The number of halogens is 1. The summed E-state index contributed by atoms with van der Waals surface area (Å²) in [5.41, 5.74) is 3.76. The third kappa shape index (κ3) is 5.47. The largest absolute Gasteiger partial charge is 0.489 e. The Morgan fingerprint density at radius 1 is 0.862 bits per heavy atom. The molecule has 1 aliphatic rings. The first-order valence-corrected chi connectivity index (χ1v) is 11.1. The van der Waals surface area contributed by atoms with Crippen molar-refractivity contribution in [1.82, 2.24) is 10.2 Å². The van der Waals surface area contributed by atoms with Gasteiger partial charge in [0.25, 0.3) is 0 Å². The third-order valence-corrected chi connectivity index (χ3v) is 5.82. The summed E-state index contributed by atoms with van der Waals surface area (Å²) in [6.45, 7) is 4.81. The predicted octanol–water partition coefficient (Wildman–Crippen LogP) is 5.41. The van der Waals surface area contributed by atoms with Crippen LogP contribution in [0.2, 0.25) is 0 Å². The number of rotatable bonds is 6. The van der Waals surface area contributed by atoms with Crippen molar-refractivity contribution in [2.45, 2.75) is 19.1 Å². The summed E-state index contributed by atoms with van der Waals surface area (Å²) < 4.78 is 7.23. The topological polar surface area (TPSA) is 24.5 Å². The fourth-order valence-electron chi connectivity index (χ4n) is 3.93. The van der Waals surface area contributed by atoms with E-state index in [0.717, 1.165) is 42.8 Å². The van der Waals surface area contributed by atoms with Crippen LogP contribution in [-0.4, -0.2) is 31.1 Å². The molecule has 29 heavy (non-hydrogen) atoms. The first-order valence-electron chi connectivity index (χ1n) is 10.3. The van der Waals surface area contributed by atoms with Gasteiger partial charge in [-0.1, -0.05) is 70.5 Å². The molecule has 1 saturated heterocycles. The average Bonchev–Trinajstić information content (AvgIpc) is 3.03. The SMILES string of the molecule is Brc1cccc(C(c2cccc(OCc3ccccc3)c2)N2CCCNCC2)c1. The average molecular weight is 451 g/mol. The van der Waals surface area contributed by atoms with Crippen LogP contribution in [0.25, 0.3) is 0 Å². The summed E-state index contributed by atoms with van der Waals surface area (Å²) in [4.78, 5) is 2.58. The molecule has 0 bridgehead atoms. The highest BCUT2D eigenvalue weighted by Gasteiger charge is 2.23. The van der Waals surface area contributed by atoms with Crippen molar-refractivity contribution >= 4 is 15.9 Å². The minimum absolute atomic E-state index is 0.215. The van der Waals surface area contributed by atoms with Gasteiger partial charge in [0.05, 0.1) is 6.04 Å². The zero-order chi connectivity index (χ0) is 19.9. The zero-order valence-electron chi connectivity index (χ0n) is 16.6. The van der Waals surface area contributed by atoms with E-state index in [-0.39, 0.29) is 6.04 Å². The smallest absolute Gasteiger partial charge is 0.120 e. The second kappa shape index (κ2) is 10.1. The molecule has 0 amide bonds. The van der Waals surface area contributed by atoms with Gasteiger partial charge in [-0.15, -0.1) is 0 Å². The Hall–Kier alpha value is -2.14. The number of hydrogen-bond acceptors (Lipinski definition) is 3. The minimum atomic E-state index is 0.215. The Labute approximate surface area is 181 Å². The van der Waals surface area contributed by atoms with Crippen LogP contribution in [-0.2, 0) is 6.61 Å². The molecule has 4 rings (SSSR count). The Balaban J connectivity index is 1.61. The van der Waals surface area contributed by atoms with E-state index in [1.165, 1.54) is 16.7 Å². The van der Waals surface area contributed by atoms with Crippen molar-refractivity contribution in [2.24, 2.45) is 0 Å². The van der Waals surface area contributed by atoms with Gasteiger partial charge >= 0.3 is 0 Å². The maximum atomic E-state index is 6.11. The van der Waals surface area contributed by atoms with E-state index >= 15 is 0 Å². The van der Waals surface area contributed by atoms with Gasteiger partial charge in [-0.3, -0.25) is 4.90 Å². The summed E-state index contributed by atoms with van der Waals surface area (Å²) in [6.07, 6.45) is 1.16. The van der Waals surface area contributed by atoms with Crippen LogP contribution < -0.4 is 10.1 Å². The molecule has 0 saturated carbocycles. The lowest BCUT2D eigenvalue weighted by atomic mass is 9.96. The van der Waals surface area contributed by atoms with Crippen LogP contribution >= 0.6 is 15.9 Å². The van der Waals surface area contributed by atoms with E-state index in [0.29, 0.717) is 6.61 Å². The first kappa shape index (κ1) is 20.1. The van der Waals surface area contributed by atoms with E-state index < -0.39 is 0 Å². The van der Waals surface area contributed by atoms with Crippen molar-refractivity contribution in [2.75, 3.05) is 26.2 Å². The molecular formula is C25H27BrN2O. The number of nitrogens with zero attached hydrogens (tertiary/aromatic N) is 1. The maximum absolute atomic E-state index is 6.11. The standard InChI is InChI=1S/C25H27BrN2O/c26-23-11-4-9-21(17-23)25(28-15-6-13-27-14-16-28)22-10-5-12-24(18-22)29-19-20-7-2-1-3-8-20/h1-5,7-12,17-18,25,27H,6,13-16,19H2. The van der Waals surface area contributed by atoms with Crippen LogP contribution in [0.5, 0.6) is 5.75 Å². The third-order valence-electron chi connectivity index (χ3n) is 5.33. The Bertz CT molecular complexity index is 907. The summed E-state index contributed by atoms with van der Waals surface area (Å²) in [7, 11) is 0. The van der Waals surface area contributed by atoms with Gasteiger partial charge in [-0.05, 0) is 53.9 Å². The number of hydrogen-bond donors (Lipinski definition) is 1. The lowest BCUT2D eigenvalue weighted by Gasteiger charge is -2.31. The molecular weight excluding hydrogens is 424 g/mol. The molecule has 0 aliphatic carbocycles. The van der Waals surface area contributed by atoms with Crippen molar-refractivity contribution in [3.05, 3.63) is 100 Å². The van der Waals surface area contributed by atoms with Gasteiger partial charge in [0, 0.05) is 24.1 Å². The second-order valence-electron chi connectivity index (χ2n) is 7.44. The summed E-state index contributed by atoms with van der Waals surface area (Å²) in [5, 5.41) is 3.52. The molecule has 3 aromatic rings. The lowest BCUT2D eigenvalue weighted by Crippen LogP contribution is -2.33. The minimum Gasteiger partial charge on any atom is -0.489 e. The van der Waals surface area contributed by atoms with E-state index in [1.807, 2.05) is 24.3 Å². The molecule has 1 atom stereocenters. The number of ether oxygens (including phenoxy) is 1. The predicted molar refractivity (Wildman–Crippen MR) is 122 cm³/mol. The molecule has 0 radical (unpaired) electrons. The zero-order valence-corrected chi connectivity index (χ0v) is 18.1. The lowest BCUT2D eigenvalue weighted by molar-refractivity contribution is 0.240. The fourth-order valence-corrected chi connectivity index (χ4v) is 4.35. The molecule has 1 aliphatic heterocycles. The molecule has 0 spiro atoms. The van der Waals surface area contributed by atoms with E-state index in [9.17, 15) is 0 Å². The normalized spacial score (nSPS) is 16.2. The second-order valence-corrected chi connectivity index (χ2v) is 8.36. The quantitative estimate of drug-likeness (QED) is 0.542. The highest BCUT2D eigenvalue weighted by Crippen LogP contribution is 2.32. The number of nitrogens with one attached hydrogen (secondary N) is 1. The van der Waals surface area contributed by atoms with Gasteiger partial charge in [-0.2, -0.15) is 0 Å². The molecule has 0 aromatic heterocycles. The molecule has 3 nitrogen and oxygen atoms in total. The van der Waals surface area contributed by atoms with Crippen LogP contribution in [0.15, 0.2) is 83.3 Å². The van der Waals surface area contributed by atoms with Crippen molar-refractivity contribution in [3.63, 3.8) is 0 Å². The maximum Gasteiger partial charge on any atom is 0.120 e. The highest BCUT2D eigenvalue weighted by molar-refractivity contribution is 9.10. The molecule has 1 heterocycles. The summed E-state index contributed by atoms with van der Waals surface area (Å²) >= 11 is 3.65. The summed E-state index contributed by atoms with van der Waals surface area (Å²) in [5.74, 6) is 0.916. The molecule has 1 fully saturated rings. The van der Waals surface area contributed by atoms with Crippen molar-refractivity contribution < 1.29 is 4.74 Å². The van der Waals surface area contributed by atoms with E-state index in [4.69, 9.17) is 4.74 Å². The fraction of sp³-hybridized carbons (Fsp3) is 0.280. The molecule has 150 valence electrons. The first-order chi connectivity index (χ1) is 14.3. The van der Waals surface area contributed by atoms with E-state index in [1.54, 1.807) is 0 Å². The van der Waals surface area contributed by atoms with Gasteiger partial charge in [0.15, 0.2) is 0 Å². The molecule has 1 unspecified atom stereocenters. The van der Waals surface area contributed by atoms with Gasteiger partial charge in [0.2, 0.25) is 0 Å². The highest BCUT2D eigenvalue weighted by atomic mass is 79.9. The van der Waals surface area contributed by atoms with Gasteiger partial charge < -0.3 is 10.1 Å². The Morgan fingerprint density at radius 3 is 2.48 bits per heavy atom. The van der Waals surface area contributed by atoms with Gasteiger partial charge in [-0.25, -0.2) is 0 Å². The van der Waals surface area contributed by atoms with Crippen molar-refractivity contribution in [1.29, 1.82) is 0 Å². The van der Waals surface area contributed by atoms with Crippen LogP contribution in [0.4, 0.5) is 0 Å². The summed E-state index contributed by atoms with van der Waals surface area (Å²) in [6, 6.07) is 27.8. The monoisotopic (exact) mass is 450 g/mol. The molecule has 3 aromatic carbocycles. The van der Waals surface area contributed by atoms with Crippen LogP contribution in [0.3, 0.4) is 0 Å². The van der Waals surface area contributed by atoms with Gasteiger partial charge in [0.1, 0.15) is 12.4 Å². The Kier molecular flexibility index (Phi) is 6.99. The molecule has 4 heteroatoms. The number of benzene rings is 3. The van der Waals surface area contributed by atoms with Crippen LogP contribution in [0, 0.1) is 0 Å². The van der Waals surface area contributed by atoms with Crippen molar-refractivity contribution in [3.8, 4) is 5.75 Å². The van der Waals surface area contributed by atoms with Crippen LogP contribution in [0.1, 0.15) is 29.2 Å². The van der Waals surface area contributed by atoms with E-state index in [2.05, 4.69) is 80.7 Å². The molecule has 1 N–H and O–H groups in total.